The standard InChI is InChI=1S/C15H25IN5O4P/c1-3-6-24-26(22,25-7-4-2)11-23-8-5-21-10-18-13-12(9-16)19-15(17)20-14(13)21/h10H,3-9,11H2,1-2H3,(H2,17,19,20). The van der Waals surface area contributed by atoms with E-state index in [0.717, 1.165) is 24.1 Å². The lowest BCUT2D eigenvalue weighted by atomic mass is 10.4. The molecule has 2 aromatic heterocycles. The number of imidazole rings is 1. The number of alkyl halides is 1. The van der Waals surface area contributed by atoms with E-state index in [-0.39, 0.29) is 12.3 Å². The molecule has 0 saturated heterocycles. The van der Waals surface area contributed by atoms with Crippen molar-refractivity contribution in [3.05, 3.63) is 12.0 Å². The third-order valence-corrected chi connectivity index (χ3v) is 5.76. The molecule has 0 amide bonds. The summed E-state index contributed by atoms with van der Waals surface area (Å²) < 4.78 is 31.5. The van der Waals surface area contributed by atoms with Crippen LogP contribution >= 0.6 is 30.2 Å². The normalized spacial score (nSPS) is 12.1. The van der Waals surface area contributed by atoms with Crippen LogP contribution in [0.3, 0.4) is 0 Å². The fourth-order valence-corrected chi connectivity index (χ4v) is 4.22. The van der Waals surface area contributed by atoms with Crippen LogP contribution in [0.1, 0.15) is 32.4 Å². The molecule has 0 aliphatic heterocycles. The summed E-state index contributed by atoms with van der Waals surface area (Å²) in [6, 6.07) is 0. The SMILES string of the molecule is CCCOP(=O)(COCCn1cnc2c(CI)nc(N)nc21)OCCC. The second-order valence-electron chi connectivity index (χ2n) is 5.59. The van der Waals surface area contributed by atoms with Gasteiger partial charge in [0.1, 0.15) is 11.9 Å². The molecule has 0 aromatic carbocycles. The summed E-state index contributed by atoms with van der Waals surface area (Å²) in [4.78, 5) is 12.8. The van der Waals surface area contributed by atoms with Crippen LogP contribution in [-0.4, -0.2) is 45.7 Å². The first-order chi connectivity index (χ1) is 12.5. The Morgan fingerprint density at radius 3 is 2.50 bits per heavy atom. The van der Waals surface area contributed by atoms with Crippen LogP contribution in [0.2, 0.25) is 0 Å². The molecule has 0 aliphatic rings. The molecule has 0 aliphatic carbocycles. The third-order valence-electron chi connectivity index (χ3n) is 3.39. The van der Waals surface area contributed by atoms with Crippen molar-refractivity contribution in [2.24, 2.45) is 0 Å². The van der Waals surface area contributed by atoms with Gasteiger partial charge in [0.2, 0.25) is 5.95 Å². The molecule has 2 N–H and O–H groups in total. The summed E-state index contributed by atoms with van der Waals surface area (Å²) in [5.41, 5.74) is 7.97. The number of hydrogen-bond donors (Lipinski definition) is 1. The highest BCUT2D eigenvalue weighted by molar-refractivity contribution is 14.1. The molecule has 0 bridgehead atoms. The zero-order valence-electron chi connectivity index (χ0n) is 15.1. The highest BCUT2D eigenvalue weighted by Crippen LogP contribution is 2.48. The first-order valence-electron chi connectivity index (χ1n) is 8.52. The van der Waals surface area contributed by atoms with E-state index in [4.69, 9.17) is 19.5 Å². The lowest BCUT2D eigenvalue weighted by Crippen LogP contribution is -2.10. The van der Waals surface area contributed by atoms with Crippen LogP contribution in [0.4, 0.5) is 5.95 Å². The fraction of sp³-hybridized carbons (Fsp3) is 0.667. The fourth-order valence-electron chi connectivity index (χ4n) is 2.19. The smallest absolute Gasteiger partial charge is 0.356 e. The van der Waals surface area contributed by atoms with Crippen molar-refractivity contribution in [3.8, 4) is 0 Å². The quantitative estimate of drug-likeness (QED) is 0.206. The first-order valence-corrected chi connectivity index (χ1v) is 11.8. The molecule has 0 atom stereocenters. The molecule has 2 rings (SSSR count). The summed E-state index contributed by atoms with van der Waals surface area (Å²) in [5, 5.41) is 0. The van der Waals surface area contributed by atoms with Crippen LogP contribution in [0.15, 0.2) is 6.33 Å². The van der Waals surface area contributed by atoms with E-state index in [1.54, 1.807) is 6.33 Å². The maximum absolute atomic E-state index is 12.6. The maximum Gasteiger partial charge on any atom is 0.356 e. The first kappa shape index (κ1) is 21.5. The number of fused-ring (bicyclic) bond motifs is 1. The minimum absolute atomic E-state index is 0.0737. The van der Waals surface area contributed by atoms with Crippen LogP contribution in [-0.2, 0) is 29.3 Å². The predicted octanol–water partition coefficient (Wildman–Crippen LogP) is 3.36. The van der Waals surface area contributed by atoms with Gasteiger partial charge in [-0.2, -0.15) is 4.98 Å². The molecule has 9 nitrogen and oxygen atoms in total. The summed E-state index contributed by atoms with van der Waals surface area (Å²) in [6.07, 6.45) is 3.13. The Labute approximate surface area is 166 Å². The predicted molar refractivity (Wildman–Crippen MR) is 108 cm³/mol. The minimum Gasteiger partial charge on any atom is -0.368 e. The van der Waals surface area contributed by atoms with E-state index < -0.39 is 7.60 Å². The zero-order chi connectivity index (χ0) is 19.0. The summed E-state index contributed by atoms with van der Waals surface area (Å²) >= 11 is 2.21. The molecule has 0 fully saturated rings. The Balaban J connectivity index is 1.95. The van der Waals surface area contributed by atoms with E-state index in [2.05, 4.69) is 37.5 Å². The lowest BCUT2D eigenvalue weighted by Gasteiger charge is -2.18. The second-order valence-corrected chi connectivity index (χ2v) is 8.35. The van der Waals surface area contributed by atoms with Gasteiger partial charge in [-0.05, 0) is 12.8 Å². The largest absolute Gasteiger partial charge is 0.368 e. The number of ether oxygens (including phenoxy) is 1. The van der Waals surface area contributed by atoms with Gasteiger partial charge in [-0.1, -0.05) is 36.4 Å². The van der Waals surface area contributed by atoms with Crippen LogP contribution in [0.25, 0.3) is 11.2 Å². The van der Waals surface area contributed by atoms with Crippen LogP contribution < -0.4 is 5.73 Å². The Hall–Kier alpha value is -0.810. The second kappa shape index (κ2) is 10.5. The van der Waals surface area contributed by atoms with Crippen molar-refractivity contribution in [2.75, 3.05) is 31.9 Å². The molecule has 2 aromatic rings. The topological polar surface area (TPSA) is 114 Å². The third kappa shape index (κ3) is 5.85. The van der Waals surface area contributed by atoms with Gasteiger partial charge < -0.3 is 24.1 Å². The van der Waals surface area contributed by atoms with E-state index >= 15 is 0 Å². The van der Waals surface area contributed by atoms with Gasteiger partial charge in [-0.3, -0.25) is 4.57 Å². The number of nitrogen functional groups attached to an aromatic ring is 1. The van der Waals surface area contributed by atoms with E-state index in [1.807, 2.05) is 18.4 Å². The van der Waals surface area contributed by atoms with Crippen molar-refractivity contribution >= 4 is 47.3 Å². The molecule has 0 spiro atoms. The van der Waals surface area contributed by atoms with Crippen LogP contribution in [0, 0.1) is 0 Å². The van der Waals surface area contributed by atoms with Crippen molar-refractivity contribution < 1.29 is 18.3 Å². The summed E-state index contributed by atoms with van der Waals surface area (Å²) in [5.74, 6) is 0.220. The highest BCUT2D eigenvalue weighted by Gasteiger charge is 2.24. The molecule has 0 unspecified atom stereocenters. The molecule has 146 valence electrons. The molecular formula is C15H25IN5O4P. The van der Waals surface area contributed by atoms with Crippen molar-refractivity contribution in [1.29, 1.82) is 0 Å². The van der Waals surface area contributed by atoms with Crippen LogP contribution in [0.5, 0.6) is 0 Å². The monoisotopic (exact) mass is 497 g/mol. The molecule has 0 radical (unpaired) electrons. The average molecular weight is 497 g/mol. The van der Waals surface area contributed by atoms with Crippen molar-refractivity contribution in [2.45, 2.75) is 37.7 Å². The Bertz CT molecular complexity index is 745. The van der Waals surface area contributed by atoms with Gasteiger partial charge in [0.05, 0.1) is 31.8 Å². The Kier molecular flexibility index (Phi) is 8.68. The maximum atomic E-state index is 12.6. The molecular weight excluding hydrogens is 472 g/mol. The van der Waals surface area contributed by atoms with E-state index in [9.17, 15) is 4.57 Å². The van der Waals surface area contributed by atoms with E-state index in [0.29, 0.717) is 36.4 Å². The van der Waals surface area contributed by atoms with Gasteiger partial charge in [0.15, 0.2) is 5.65 Å². The molecule has 2 heterocycles. The van der Waals surface area contributed by atoms with Crippen molar-refractivity contribution in [1.82, 2.24) is 19.5 Å². The molecule has 11 heteroatoms. The number of aromatic nitrogens is 4. The van der Waals surface area contributed by atoms with Crippen molar-refractivity contribution in [3.63, 3.8) is 0 Å². The van der Waals surface area contributed by atoms with Gasteiger partial charge in [0.25, 0.3) is 0 Å². The summed E-state index contributed by atoms with van der Waals surface area (Å²) in [7, 11) is -3.22. The van der Waals surface area contributed by atoms with Gasteiger partial charge in [-0.25, -0.2) is 9.97 Å². The van der Waals surface area contributed by atoms with Gasteiger partial charge in [0, 0.05) is 11.0 Å². The number of nitrogens with two attached hydrogens (primary N) is 1. The minimum atomic E-state index is -3.22. The summed E-state index contributed by atoms with van der Waals surface area (Å²) in [6.45, 7) is 5.48. The Morgan fingerprint density at radius 1 is 1.19 bits per heavy atom. The van der Waals surface area contributed by atoms with E-state index in [1.165, 1.54) is 0 Å². The number of anilines is 1. The van der Waals surface area contributed by atoms with Gasteiger partial charge >= 0.3 is 7.60 Å². The Morgan fingerprint density at radius 2 is 1.88 bits per heavy atom. The number of rotatable bonds is 12. The average Bonchev–Trinajstić information content (AvgIpc) is 3.04. The van der Waals surface area contributed by atoms with Gasteiger partial charge in [-0.15, -0.1) is 0 Å². The number of halogens is 1. The number of nitrogens with zero attached hydrogens (tertiary/aromatic N) is 4. The zero-order valence-corrected chi connectivity index (χ0v) is 18.1. The molecule has 0 saturated carbocycles. The molecule has 26 heavy (non-hydrogen) atoms. The highest BCUT2D eigenvalue weighted by atomic mass is 127. The number of hydrogen-bond acceptors (Lipinski definition) is 8. The lowest BCUT2D eigenvalue weighted by molar-refractivity contribution is 0.123.